The lowest BCUT2D eigenvalue weighted by Crippen LogP contribution is -2.28. The molecule has 1 aliphatic heterocycles. The summed E-state index contributed by atoms with van der Waals surface area (Å²) in [4.78, 5) is 0. The normalized spacial score (nSPS) is 23.8. The average molecular weight is 239 g/mol. The van der Waals surface area contributed by atoms with E-state index in [2.05, 4.69) is 41.6 Å². The topological polar surface area (TPSA) is 64.9 Å². The Labute approximate surface area is 102 Å². The molecule has 3 unspecified atom stereocenters. The van der Waals surface area contributed by atoms with Crippen molar-refractivity contribution in [3.63, 3.8) is 0 Å². The molecule has 1 saturated heterocycles. The second-order valence-electron chi connectivity index (χ2n) is 4.55. The van der Waals surface area contributed by atoms with Crippen molar-refractivity contribution in [3.05, 3.63) is 5.82 Å². The largest absolute Gasteiger partial charge is 0.376 e. The number of rotatable bonds is 5. The first kappa shape index (κ1) is 12.4. The van der Waals surface area contributed by atoms with Crippen molar-refractivity contribution < 1.29 is 4.74 Å². The van der Waals surface area contributed by atoms with Crippen LogP contribution in [0, 0.1) is 0 Å². The third kappa shape index (κ3) is 2.63. The first-order valence-electron chi connectivity index (χ1n) is 6.36. The van der Waals surface area contributed by atoms with Gasteiger partial charge in [-0.25, -0.2) is 4.68 Å². The second kappa shape index (κ2) is 5.55. The molecule has 3 atom stereocenters. The summed E-state index contributed by atoms with van der Waals surface area (Å²) in [5, 5.41) is 15.3. The molecule has 2 heterocycles. The van der Waals surface area contributed by atoms with E-state index in [9.17, 15) is 0 Å². The highest BCUT2D eigenvalue weighted by Gasteiger charge is 2.27. The summed E-state index contributed by atoms with van der Waals surface area (Å²) in [6.07, 6.45) is 2.47. The minimum Gasteiger partial charge on any atom is -0.376 e. The molecule has 1 aliphatic rings. The fourth-order valence-corrected chi connectivity index (χ4v) is 2.31. The van der Waals surface area contributed by atoms with E-state index >= 15 is 0 Å². The highest BCUT2D eigenvalue weighted by atomic mass is 16.5. The molecule has 0 bridgehead atoms. The van der Waals surface area contributed by atoms with Crippen LogP contribution in [0.4, 0.5) is 0 Å². The maximum absolute atomic E-state index is 5.70. The second-order valence-corrected chi connectivity index (χ2v) is 4.55. The minimum atomic E-state index is 0.166. The summed E-state index contributed by atoms with van der Waals surface area (Å²) in [5.41, 5.74) is 0. The van der Waals surface area contributed by atoms with Crippen LogP contribution >= 0.6 is 0 Å². The highest BCUT2D eigenvalue weighted by Crippen LogP contribution is 2.25. The van der Waals surface area contributed by atoms with Gasteiger partial charge in [0, 0.05) is 6.61 Å². The molecule has 6 nitrogen and oxygen atoms in total. The summed E-state index contributed by atoms with van der Waals surface area (Å²) in [6, 6.07) is 0.363. The Morgan fingerprint density at radius 1 is 1.53 bits per heavy atom. The molecule has 6 heteroatoms. The van der Waals surface area contributed by atoms with Gasteiger partial charge in [0.1, 0.15) is 0 Å². The number of aromatic nitrogens is 4. The van der Waals surface area contributed by atoms with Crippen LogP contribution in [0.25, 0.3) is 0 Å². The van der Waals surface area contributed by atoms with E-state index < -0.39 is 0 Å². The molecule has 0 radical (unpaired) electrons. The molecule has 1 fully saturated rings. The zero-order valence-electron chi connectivity index (χ0n) is 10.8. The lowest BCUT2D eigenvalue weighted by molar-refractivity contribution is 0.0668. The van der Waals surface area contributed by atoms with Gasteiger partial charge in [-0.2, -0.15) is 0 Å². The van der Waals surface area contributed by atoms with Crippen LogP contribution in [-0.4, -0.2) is 39.5 Å². The zero-order valence-corrected chi connectivity index (χ0v) is 10.8. The van der Waals surface area contributed by atoms with Gasteiger partial charge in [0.2, 0.25) is 0 Å². The Bertz CT molecular complexity index is 347. The van der Waals surface area contributed by atoms with Crippen molar-refractivity contribution in [2.24, 2.45) is 0 Å². The van der Waals surface area contributed by atoms with Crippen LogP contribution in [0.1, 0.15) is 51.5 Å². The molecular weight excluding hydrogens is 218 g/mol. The molecule has 0 spiro atoms. The Kier molecular flexibility index (Phi) is 4.06. The van der Waals surface area contributed by atoms with E-state index in [1.807, 2.05) is 4.68 Å². The first-order valence-corrected chi connectivity index (χ1v) is 6.36. The summed E-state index contributed by atoms with van der Waals surface area (Å²) in [7, 11) is 0. The predicted octanol–water partition coefficient (Wildman–Crippen LogP) is 1.08. The van der Waals surface area contributed by atoms with Crippen molar-refractivity contribution in [3.8, 4) is 0 Å². The van der Waals surface area contributed by atoms with E-state index in [1.54, 1.807) is 0 Å². The van der Waals surface area contributed by atoms with Crippen molar-refractivity contribution in [1.82, 2.24) is 25.5 Å². The Morgan fingerprint density at radius 3 is 3.00 bits per heavy atom. The number of tetrazole rings is 1. The third-order valence-corrected chi connectivity index (χ3v) is 3.30. The van der Waals surface area contributed by atoms with Crippen LogP contribution in [0.15, 0.2) is 0 Å². The molecule has 1 aromatic heterocycles. The fourth-order valence-electron chi connectivity index (χ4n) is 2.31. The van der Waals surface area contributed by atoms with Crippen molar-refractivity contribution >= 4 is 0 Å². The van der Waals surface area contributed by atoms with E-state index in [0.717, 1.165) is 31.8 Å². The van der Waals surface area contributed by atoms with Crippen LogP contribution in [0.2, 0.25) is 0 Å². The summed E-state index contributed by atoms with van der Waals surface area (Å²) in [5.74, 6) is 0.884. The lowest BCUT2D eigenvalue weighted by Gasteiger charge is -2.21. The Morgan fingerprint density at radius 2 is 2.35 bits per heavy atom. The zero-order chi connectivity index (χ0) is 12.3. The maximum Gasteiger partial charge on any atom is 0.168 e. The molecular formula is C11H21N5O. The van der Waals surface area contributed by atoms with Gasteiger partial charge in [-0.3, -0.25) is 0 Å². The molecule has 2 rings (SSSR count). The quantitative estimate of drug-likeness (QED) is 0.833. The monoisotopic (exact) mass is 239 g/mol. The molecule has 0 aromatic carbocycles. The molecule has 0 aliphatic carbocycles. The van der Waals surface area contributed by atoms with Gasteiger partial charge >= 0.3 is 0 Å². The van der Waals surface area contributed by atoms with Gasteiger partial charge in [-0.15, -0.1) is 5.10 Å². The first-order chi connectivity index (χ1) is 8.24. The van der Waals surface area contributed by atoms with E-state index in [4.69, 9.17) is 4.74 Å². The van der Waals surface area contributed by atoms with Gasteiger partial charge in [0.15, 0.2) is 5.82 Å². The van der Waals surface area contributed by atoms with Crippen LogP contribution < -0.4 is 5.32 Å². The van der Waals surface area contributed by atoms with E-state index in [0.29, 0.717) is 0 Å². The molecule has 0 amide bonds. The van der Waals surface area contributed by atoms with Crippen LogP contribution in [0.5, 0.6) is 0 Å². The smallest absolute Gasteiger partial charge is 0.168 e. The number of nitrogens with zero attached hydrogens (tertiary/aromatic N) is 4. The van der Waals surface area contributed by atoms with E-state index in [1.165, 1.54) is 0 Å². The number of ether oxygens (including phenoxy) is 1. The highest BCUT2D eigenvalue weighted by molar-refractivity contribution is 4.93. The predicted molar refractivity (Wildman–Crippen MR) is 63.6 cm³/mol. The van der Waals surface area contributed by atoms with Gasteiger partial charge in [-0.05, 0) is 43.7 Å². The van der Waals surface area contributed by atoms with Crippen LogP contribution in [-0.2, 0) is 4.74 Å². The Balaban J connectivity index is 2.11. The molecule has 1 N–H and O–H groups in total. The lowest BCUT2D eigenvalue weighted by atomic mass is 10.1. The van der Waals surface area contributed by atoms with Crippen molar-refractivity contribution in [2.45, 2.75) is 51.8 Å². The molecule has 96 valence electrons. The summed E-state index contributed by atoms with van der Waals surface area (Å²) < 4.78 is 7.59. The SMILES string of the molecule is CCNC(C)c1nnnn1C(C)C1CCCO1. The van der Waals surface area contributed by atoms with Gasteiger partial charge in [0.25, 0.3) is 0 Å². The molecule has 17 heavy (non-hydrogen) atoms. The Hall–Kier alpha value is -1.01. The summed E-state index contributed by atoms with van der Waals surface area (Å²) in [6.45, 7) is 8.04. The molecule has 0 saturated carbocycles. The number of hydrogen-bond donors (Lipinski definition) is 1. The van der Waals surface area contributed by atoms with Gasteiger partial charge in [0.05, 0.1) is 18.2 Å². The van der Waals surface area contributed by atoms with Crippen molar-refractivity contribution in [2.75, 3.05) is 13.2 Å². The van der Waals surface area contributed by atoms with Crippen LogP contribution in [0.3, 0.4) is 0 Å². The number of hydrogen-bond acceptors (Lipinski definition) is 5. The van der Waals surface area contributed by atoms with Gasteiger partial charge < -0.3 is 10.1 Å². The minimum absolute atomic E-state index is 0.166. The third-order valence-electron chi connectivity index (χ3n) is 3.30. The standard InChI is InChI=1S/C11H21N5O/c1-4-12-8(2)11-13-14-15-16(11)9(3)10-6-5-7-17-10/h8-10,12H,4-7H2,1-3H3. The fraction of sp³-hybridized carbons (Fsp3) is 0.909. The maximum atomic E-state index is 5.70. The number of nitrogens with one attached hydrogen (secondary N) is 1. The summed E-state index contributed by atoms with van der Waals surface area (Å²) >= 11 is 0. The van der Waals surface area contributed by atoms with E-state index in [-0.39, 0.29) is 18.2 Å². The van der Waals surface area contributed by atoms with Gasteiger partial charge in [-0.1, -0.05) is 6.92 Å². The average Bonchev–Trinajstić information content (AvgIpc) is 3.00. The molecule has 1 aromatic rings. The van der Waals surface area contributed by atoms with Crippen molar-refractivity contribution in [1.29, 1.82) is 0 Å².